The average molecular weight is 200 g/mol. The first-order valence-corrected chi connectivity index (χ1v) is 5.35. The maximum Gasteiger partial charge on any atom is 0.309 e. The summed E-state index contributed by atoms with van der Waals surface area (Å²) in [5.41, 5.74) is 0. The summed E-state index contributed by atoms with van der Waals surface area (Å²) in [7, 11) is 0. The van der Waals surface area contributed by atoms with E-state index in [4.69, 9.17) is 4.74 Å². The van der Waals surface area contributed by atoms with Crippen LogP contribution in [0.1, 0.15) is 27.7 Å². The van der Waals surface area contributed by atoms with Crippen molar-refractivity contribution in [3.8, 4) is 0 Å². The van der Waals surface area contributed by atoms with Gasteiger partial charge in [0.05, 0.1) is 18.6 Å². The van der Waals surface area contributed by atoms with Gasteiger partial charge in [-0.3, -0.25) is 4.79 Å². The molecule has 0 heterocycles. The molecule has 1 aliphatic rings. The fourth-order valence-electron chi connectivity index (χ4n) is 2.39. The standard InChI is InChI=1S/C11H20O3/c1-5-14-11(13)10-8(6(2)3)9(10)7(4)12/h6-10,12H,5H2,1-4H3/t7-,8+,9-,10-/m1/s1. The molecule has 0 spiro atoms. The van der Waals surface area contributed by atoms with Gasteiger partial charge in [0.25, 0.3) is 0 Å². The second-order valence-electron chi connectivity index (χ2n) is 4.42. The summed E-state index contributed by atoms with van der Waals surface area (Å²) >= 11 is 0. The van der Waals surface area contributed by atoms with Gasteiger partial charge in [0.1, 0.15) is 0 Å². The Morgan fingerprint density at radius 2 is 1.93 bits per heavy atom. The molecule has 0 amide bonds. The Bertz CT molecular complexity index is 197. The van der Waals surface area contributed by atoms with Crippen molar-refractivity contribution >= 4 is 5.97 Å². The quantitative estimate of drug-likeness (QED) is 0.699. The van der Waals surface area contributed by atoms with Crippen LogP contribution < -0.4 is 0 Å². The molecule has 4 atom stereocenters. The van der Waals surface area contributed by atoms with Crippen molar-refractivity contribution in [1.82, 2.24) is 0 Å². The van der Waals surface area contributed by atoms with E-state index in [0.29, 0.717) is 18.4 Å². The fourth-order valence-corrected chi connectivity index (χ4v) is 2.39. The predicted molar refractivity (Wildman–Crippen MR) is 53.6 cm³/mol. The number of aliphatic hydroxyl groups excluding tert-OH is 1. The number of rotatable bonds is 4. The predicted octanol–water partition coefficient (Wildman–Crippen LogP) is 1.45. The van der Waals surface area contributed by atoms with E-state index in [9.17, 15) is 9.90 Å². The van der Waals surface area contributed by atoms with Crippen LogP contribution in [0.3, 0.4) is 0 Å². The topological polar surface area (TPSA) is 46.5 Å². The van der Waals surface area contributed by atoms with Gasteiger partial charge in [-0.1, -0.05) is 13.8 Å². The highest BCUT2D eigenvalue weighted by atomic mass is 16.5. The number of carbonyl (C=O) groups excluding carboxylic acids is 1. The van der Waals surface area contributed by atoms with Crippen LogP contribution in [0.5, 0.6) is 0 Å². The lowest BCUT2D eigenvalue weighted by molar-refractivity contribution is -0.145. The Kier molecular flexibility index (Phi) is 3.53. The van der Waals surface area contributed by atoms with E-state index in [-0.39, 0.29) is 17.8 Å². The van der Waals surface area contributed by atoms with Gasteiger partial charge < -0.3 is 9.84 Å². The molecule has 0 bridgehead atoms. The number of esters is 1. The van der Waals surface area contributed by atoms with E-state index >= 15 is 0 Å². The molecule has 0 aromatic carbocycles. The van der Waals surface area contributed by atoms with Crippen LogP contribution in [0.25, 0.3) is 0 Å². The summed E-state index contributed by atoms with van der Waals surface area (Å²) in [4.78, 5) is 11.5. The minimum Gasteiger partial charge on any atom is -0.466 e. The number of carbonyl (C=O) groups is 1. The Labute approximate surface area is 85.5 Å². The number of hydrogen-bond acceptors (Lipinski definition) is 3. The SMILES string of the molecule is CCOC(=O)[C@@H]1[C@@H](C(C)C)[C@H]1[C@@H](C)O. The lowest BCUT2D eigenvalue weighted by Gasteiger charge is -2.03. The molecule has 82 valence electrons. The minimum atomic E-state index is -0.406. The van der Waals surface area contributed by atoms with E-state index in [1.165, 1.54) is 0 Å². The van der Waals surface area contributed by atoms with Crippen LogP contribution in [0.2, 0.25) is 0 Å². The molecule has 3 heteroatoms. The molecule has 1 N–H and O–H groups in total. The van der Waals surface area contributed by atoms with Gasteiger partial charge in [-0.25, -0.2) is 0 Å². The monoisotopic (exact) mass is 200 g/mol. The van der Waals surface area contributed by atoms with Crippen molar-refractivity contribution in [2.45, 2.75) is 33.8 Å². The maximum atomic E-state index is 11.5. The van der Waals surface area contributed by atoms with E-state index in [1.807, 2.05) is 6.92 Å². The molecule has 1 saturated carbocycles. The highest BCUT2D eigenvalue weighted by molar-refractivity contribution is 5.76. The van der Waals surface area contributed by atoms with Gasteiger partial charge in [0, 0.05) is 5.92 Å². The van der Waals surface area contributed by atoms with E-state index in [0.717, 1.165) is 0 Å². The van der Waals surface area contributed by atoms with E-state index < -0.39 is 6.10 Å². The summed E-state index contributed by atoms with van der Waals surface area (Å²) in [5.74, 6) is 0.624. The molecule has 3 nitrogen and oxygen atoms in total. The second-order valence-corrected chi connectivity index (χ2v) is 4.42. The highest BCUT2D eigenvalue weighted by Crippen LogP contribution is 2.53. The Morgan fingerprint density at radius 1 is 1.36 bits per heavy atom. The van der Waals surface area contributed by atoms with Crippen LogP contribution in [0, 0.1) is 23.7 Å². The Morgan fingerprint density at radius 3 is 2.21 bits per heavy atom. The molecule has 0 unspecified atom stereocenters. The van der Waals surface area contributed by atoms with Gasteiger partial charge in [-0.2, -0.15) is 0 Å². The van der Waals surface area contributed by atoms with Gasteiger partial charge in [-0.15, -0.1) is 0 Å². The van der Waals surface area contributed by atoms with Crippen LogP contribution in [-0.4, -0.2) is 23.8 Å². The third-order valence-corrected chi connectivity index (χ3v) is 3.02. The minimum absolute atomic E-state index is 0.0741. The van der Waals surface area contributed by atoms with Crippen LogP contribution in [0.4, 0.5) is 0 Å². The highest BCUT2D eigenvalue weighted by Gasteiger charge is 2.58. The van der Waals surface area contributed by atoms with Gasteiger partial charge in [-0.05, 0) is 25.7 Å². The first-order chi connectivity index (χ1) is 6.50. The largest absolute Gasteiger partial charge is 0.466 e. The number of hydrogen-bond donors (Lipinski definition) is 1. The third kappa shape index (κ3) is 2.08. The van der Waals surface area contributed by atoms with Crippen molar-refractivity contribution in [2.75, 3.05) is 6.61 Å². The molecule has 0 aromatic heterocycles. The molecular formula is C11H20O3. The zero-order valence-electron chi connectivity index (χ0n) is 9.36. The molecular weight excluding hydrogens is 180 g/mol. The van der Waals surface area contributed by atoms with Crippen molar-refractivity contribution in [1.29, 1.82) is 0 Å². The normalized spacial score (nSPS) is 32.9. The van der Waals surface area contributed by atoms with Gasteiger partial charge in [0.15, 0.2) is 0 Å². The van der Waals surface area contributed by atoms with Crippen molar-refractivity contribution in [3.05, 3.63) is 0 Å². The smallest absolute Gasteiger partial charge is 0.309 e. The van der Waals surface area contributed by atoms with Crippen LogP contribution in [0.15, 0.2) is 0 Å². The molecule has 1 fully saturated rings. The zero-order chi connectivity index (χ0) is 10.9. The summed E-state index contributed by atoms with van der Waals surface area (Å²) in [6.07, 6.45) is -0.406. The maximum absolute atomic E-state index is 11.5. The Hall–Kier alpha value is -0.570. The van der Waals surface area contributed by atoms with Gasteiger partial charge >= 0.3 is 5.97 Å². The lowest BCUT2D eigenvalue weighted by Crippen LogP contribution is -2.12. The van der Waals surface area contributed by atoms with Crippen molar-refractivity contribution in [3.63, 3.8) is 0 Å². The fraction of sp³-hybridized carbons (Fsp3) is 0.909. The first-order valence-electron chi connectivity index (χ1n) is 5.35. The molecule has 14 heavy (non-hydrogen) atoms. The number of ether oxygens (including phenoxy) is 1. The van der Waals surface area contributed by atoms with Gasteiger partial charge in [0.2, 0.25) is 0 Å². The molecule has 1 aliphatic carbocycles. The Balaban J connectivity index is 2.58. The molecule has 0 saturated heterocycles. The second kappa shape index (κ2) is 4.30. The summed E-state index contributed by atoms with van der Waals surface area (Å²) in [6.45, 7) is 8.15. The summed E-state index contributed by atoms with van der Waals surface area (Å²) in [6, 6.07) is 0. The molecule has 1 rings (SSSR count). The van der Waals surface area contributed by atoms with Crippen molar-refractivity contribution in [2.24, 2.45) is 23.7 Å². The first kappa shape index (κ1) is 11.5. The zero-order valence-corrected chi connectivity index (χ0v) is 9.36. The average Bonchev–Trinajstić information content (AvgIpc) is 2.78. The van der Waals surface area contributed by atoms with Crippen LogP contribution in [-0.2, 0) is 9.53 Å². The third-order valence-electron chi connectivity index (χ3n) is 3.02. The summed E-state index contributed by atoms with van der Waals surface area (Å²) in [5, 5.41) is 9.49. The van der Waals surface area contributed by atoms with Crippen LogP contribution >= 0.6 is 0 Å². The summed E-state index contributed by atoms with van der Waals surface area (Å²) < 4.78 is 4.98. The lowest BCUT2D eigenvalue weighted by atomic mass is 10.1. The van der Waals surface area contributed by atoms with E-state index in [1.54, 1.807) is 6.92 Å². The number of aliphatic hydroxyl groups is 1. The molecule has 0 radical (unpaired) electrons. The molecule has 0 aromatic rings. The van der Waals surface area contributed by atoms with E-state index in [2.05, 4.69) is 13.8 Å². The molecule has 0 aliphatic heterocycles. The van der Waals surface area contributed by atoms with Crippen molar-refractivity contribution < 1.29 is 14.6 Å².